The second kappa shape index (κ2) is 5.14. The standard InChI is InChI=1S/C16H16O3/c1-10-4-5-11(2)14(8-10)13-7-6-12(16(17)18)9-15(13)19-3/h4-9H,1-3H3,(H,17,18). The number of carboxylic acids is 1. The van der Waals surface area contributed by atoms with Crippen molar-refractivity contribution in [3.63, 3.8) is 0 Å². The van der Waals surface area contributed by atoms with E-state index >= 15 is 0 Å². The van der Waals surface area contributed by atoms with E-state index in [1.54, 1.807) is 25.3 Å². The van der Waals surface area contributed by atoms with E-state index in [1.165, 1.54) is 0 Å². The molecule has 98 valence electrons. The second-order valence-electron chi connectivity index (χ2n) is 4.54. The van der Waals surface area contributed by atoms with Gasteiger partial charge in [0.25, 0.3) is 0 Å². The van der Waals surface area contributed by atoms with E-state index in [9.17, 15) is 4.79 Å². The molecule has 0 aromatic heterocycles. The van der Waals surface area contributed by atoms with E-state index in [2.05, 4.69) is 18.2 Å². The molecule has 0 aliphatic carbocycles. The molecule has 0 aliphatic heterocycles. The zero-order valence-electron chi connectivity index (χ0n) is 11.2. The van der Waals surface area contributed by atoms with Gasteiger partial charge in [-0.1, -0.05) is 23.8 Å². The number of ether oxygens (including phenoxy) is 1. The number of methoxy groups -OCH3 is 1. The van der Waals surface area contributed by atoms with E-state index in [0.717, 1.165) is 22.3 Å². The third-order valence-electron chi connectivity index (χ3n) is 3.13. The first-order chi connectivity index (χ1) is 9.02. The fourth-order valence-electron chi connectivity index (χ4n) is 2.07. The van der Waals surface area contributed by atoms with Crippen molar-refractivity contribution in [1.29, 1.82) is 0 Å². The number of carboxylic acid groups (broad SMARTS) is 1. The highest BCUT2D eigenvalue weighted by molar-refractivity contribution is 5.90. The molecule has 0 heterocycles. The van der Waals surface area contributed by atoms with Gasteiger partial charge in [0.1, 0.15) is 5.75 Å². The topological polar surface area (TPSA) is 46.5 Å². The molecule has 0 unspecified atom stereocenters. The molecule has 3 heteroatoms. The molecule has 1 N–H and O–H groups in total. The summed E-state index contributed by atoms with van der Waals surface area (Å²) in [6, 6.07) is 11.1. The molecule has 0 amide bonds. The number of aryl methyl sites for hydroxylation is 2. The third kappa shape index (κ3) is 2.60. The number of rotatable bonds is 3. The molecule has 2 aromatic rings. The lowest BCUT2D eigenvalue weighted by Gasteiger charge is -2.12. The Labute approximate surface area is 112 Å². The van der Waals surface area contributed by atoms with Crippen LogP contribution in [0, 0.1) is 13.8 Å². The number of hydrogen-bond donors (Lipinski definition) is 1. The van der Waals surface area contributed by atoms with E-state index in [1.807, 2.05) is 13.8 Å². The Kier molecular flexibility index (Phi) is 3.56. The summed E-state index contributed by atoms with van der Waals surface area (Å²) in [6.07, 6.45) is 0. The average Bonchev–Trinajstić information content (AvgIpc) is 2.40. The van der Waals surface area contributed by atoms with Gasteiger partial charge in [-0.2, -0.15) is 0 Å². The van der Waals surface area contributed by atoms with E-state index in [4.69, 9.17) is 9.84 Å². The Bertz CT molecular complexity index is 630. The van der Waals surface area contributed by atoms with E-state index in [0.29, 0.717) is 5.75 Å². The summed E-state index contributed by atoms with van der Waals surface area (Å²) < 4.78 is 5.32. The summed E-state index contributed by atoms with van der Waals surface area (Å²) in [5, 5.41) is 9.01. The summed E-state index contributed by atoms with van der Waals surface area (Å²) in [5.74, 6) is -0.376. The van der Waals surface area contributed by atoms with Crippen molar-refractivity contribution in [2.24, 2.45) is 0 Å². The van der Waals surface area contributed by atoms with Crippen molar-refractivity contribution >= 4 is 5.97 Å². The predicted octanol–water partition coefficient (Wildman–Crippen LogP) is 3.68. The summed E-state index contributed by atoms with van der Waals surface area (Å²) in [5.41, 5.74) is 4.49. The van der Waals surface area contributed by atoms with Crippen molar-refractivity contribution in [3.8, 4) is 16.9 Å². The highest BCUT2D eigenvalue weighted by Crippen LogP contribution is 2.33. The monoisotopic (exact) mass is 256 g/mol. The van der Waals surface area contributed by atoms with Crippen molar-refractivity contribution in [2.45, 2.75) is 13.8 Å². The predicted molar refractivity (Wildman–Crippen MR) is 74.9 cm³/mol. The first-order valence-electron chi connectivity index (χ1n) is 6.02. The third-order valence-corrected chi connectivity index (χ3v) is 3.13. The fourth-order valence-corrected chi connectivity index (χ4v) is 2.07. The summed E-state index contributed by atoms with van der Waals surface area (Å²) >= 11 is 0. The largest absolute Gasteiger partial charge is 0.496 e. The number of aromatic carboxylic acids is 1. The molecule has 19 heavy (non-hydrogen) atoms. The van der Waals surface area contributed by atoms with Crippen molar-refractivity contribution in [3.05, 3.63) is 53.1 Å². The highest BCUT2D eigenvalue weighted by Gasteiger charge is 2.12. The molecule has 3 nitrogen and oxygen atoms in total. The minimum absolute atomic E-state index is 0.228. The van der Waals surface area contributed by atoms with Crippen LogP contribution in [-0.4, -0.2) is 18.2 Å². The number of hydrogen-bond acceptors (Lipinski definition) is 2. The molecule has 0 aliphatic rings. The number of benzene rings is 2. The van der Waals surface area contributed by atoms with Gasteiger partial charge >= 0.3 is 5.97 Å². The molecule has 0 saturated heterocycles. The zero-order chi connectivity index (χ0) is 14.0. The first-order valence-corrected chi connectivity index (χ1v) is 6.02. The molecule has 0 radical (unpaired) electrons. The Morgan fingerprint density at radius 1 is 1.05 bits per heavy atom. The van der Waals surface area contributed by atoms with Crippen LogP contribution in [0.5, 0.6) is 5.75 Å². The van der Waals surface area contributed by atoms with Gasteiger partial charge in [0.15, 0.2) is 0 Å². The van der Waals surface area contributed by atoms with Crippen LogP contribution in [0.2, 0.25) is 0 Å². The molecule has 0 spiro atoms. The molecule has 0 saturated carbocycles. The second-order valence-corrected chi connectivity index (χ2v) is 4.54. The quantitative estimate of drug-likeness (QED) is 0.911. The molecule has 0 atom stereocenters. The Morgan fingerprint density at radius 2 is 1.79 bits per heavy atom. The van der Waals surface area contributed by atoms with E-state index < -0.39 is 5.97 Å². The maximum Gasteiger partial charge on any atom is 0.335 e. The maximum atomic E-state index is 11.0. The smallest absolute Gasteiger partial charge is 0.335 e. The molecule has 2 aromatic carbocycles. The number of carbonyl (C=O) groups is 1. The first kappa shape index (κ1) is 13.1. The lowest BCUT2D eigenvalue weighted by molar-refractivity contribution is 0.0696. The van der Waals surface area contributed by atoms with Gasteiger partial charge in [-0.05, 0) is 43.2 Å². The van der Waals surface area contributed by atoms with Crippen molar-refractivity contribution in [2.75, 3.05) is 7.11 Å². The Morgan fingerprint density at radius 3 is 2.42 bits per heavy atom. The van der Waals surface area contributed by atoms with Crippen LogP contribution in [-0.2, 0) is 0 Å². The van der Waals surface area contributed by atoms with Gasteiger partial charge in [-0.25, -0.2) is 4.79 Å². The minimum Gasteiger partial charge on any atom is -0.496 e. The van der Waals surface area contributed by atoms with Crippen LogP contribution in [0.1, 0.15) is 21.5 Å². The van der Waals surface area contributed by atoms with Gasteiger partial charge in [0.05, 0.1) is 12.7 Å². The fraction of sp³-hybridized carbons (Fsp3) is 0.188. The van der Waals surface area contributed by atoms with Crippen LogP contribution in [0.15, 0.2) is 36.4 Å². The summed E-state index contributed by atoms with van der Waals surface area (Å²) in [4.78, 5) is 11.0. The molecular formula is C16H16O3. The van der Waals surface area contributed by atoms with Gasteiger partial charge in [0.2, 0.25) is 0 Å². The van der Waals surface area contributed by atoms with Crippen molar-refractivity contribution in [1.82, 2.24) is 0 Å². The average molecular weight is 256 g/mol. The Balaban J connectivity index is 2.62. The molecular weight excluding hydrogens is 240 g/mol. The van der Waals surface area contributed by atoms with Crippen LogP contribution in [0.3, 0.4) is 0 Å². The maximum absolute atomic E-state index is 11.0. The van der Waals surface area contributed by atoms with Crippen LogP contribution in [0.25, 0.3) is 11.1 Å². The van der Waals surface area contributed by atoms with Crippen LogP contribution < -0.4 is 4.74 Å². The van der Waals surface area contributed by atoms with E-state index in [-0.39, 0.29) is 5.56 Å². The zero-order valence-corrected chi connectivity index (χ0v) is 11.2. The summed E-state index contributed by atoms with van der Waals surface area (Å²) in [6.45, 7) is 4.06. The van der Waals surface area contributed by atoms with Gasteiger partial charge in [-0.3, -0.25) is 0 Å². The van der Waals surface area contributed by atoms with Crippen molar-refractivity contribution < 1.29 is 14.6 Å². The Hall–Kier alpha value is -2.29. The lowest BCUT2D eigenvalue weighted by atomic mass is 9.96. The molecule has 0 fully saturated rings. The normalized spacial score (nSPS) is 10.3. The van der Waals surface area contributed by atoms with Crippen LogP contribution in [0.4, 0.5) is 0 Å². The molecule has 0 bridgehead atoms. The van der Waals surface area contributed by atoms with Gasteiger partial charge < -0.3 is 9.84 Å². The van der Waals surface area contributed by atoms with Crippen LogP contribution >= 0.6 is 0 Å². The minimum atomic E-state index is -0.953. The lowest BCUT2D eigenvalue weighted by Crippen LogP contribution is -1.98. The molecule has 2 rings (SSSR count). The van der Waals surface area contributed by atoms with Gasteiger partial charge in [-0.15, -0.1) is 0 Å². The highest BCUT2D eigenvalue weighted by atomic mass is 16.5. The summed E-state index contributed by atoms with van der Waals surface area (Å²) in [7, 11) is 1.55. The van der Waals surface area contributed by atoms with Gasteiger partial charge in [0, 0.05) is 5.56 Å². The SMILES string of the molecule is COc1cc(C(=O)O)ccc1-c1cc(C)ccc1C.